The SMILES string of the molecule is C=CC(=O)Nc1cccc(Nc2ncnc3[nH]c(-c4ccc(NCCO)nc4)cc23)c1. The van der Waals surface area contributed by atoms with E-state index in [4.69, 9.17) is 5.11 Å². The number of nitrogens with zero attached hydrogens (tertiary/aromatic N) is 3. The molecule has 0 aliphatic rings. The van der Waals surface area contributed by atoms with Crippen LogP contribution in [0.5, 0.6) is 0 Å². The van der Waals surface area contributed by atoms with Gasteiger partial charge >= 0.3 is 0 Å². The van der Waals surface area contributed by atoms with Crippen molar-refractivity contribution in [3.63, 3.8) is 0 Å². The van der Waals surface area contributed by atoms with Crippen LogP contribution in [0.25, 0.3) is 22.3 Å². The van der Waals surface area contributed by atoms with Gasteiger partial charge in [-0.05, 0) is 42.5 Å². The maximum atomic E-state index is 11.5. The molecule has 4 aromatic rings. The third-order valence-corrected chi connectivity index (χ3v) is 4.50. The van der Waals surface area contributed by atoms with E-state index >= 15 is 0 Å². The van der Waals surface area contributed by atoms with Crippen molar-refractivity contribution in [1.82, 2.24) is 19.9 Å². The first-order chi connectivity index (χ1) is 15.2. The van der Waals surface area contributed by atoms with Gasteiger partial charge in [-0.25, -0.2) is 15.0 Å². The Morgan fingerprint density at radius 1 is 1.13 bits per heavy atom. The van der Waals surface area contributed by atoms with Crippen LogP contribution in [0.4, 0.5) is 23.0 Å². The van der Waals surface area contributed by atoms with Crippen molar-refractivity contribution in [2.45, 2.75) is 0 Å². The molecule has 0 atom stereocenters. The maximum absolute atomic E-state index is 11.5. The zero-order valence-corrected chi connectivity index (χ0v) is 16.6. The largest absolute Gasteiger partial charge is 0.395 e. The van der Waals surface area contributed by atoms with E-state index in [0.717, 1.165) is 22.3 Å². The Morgan fingerprint density at radius 2 is 2.00 bits per heavy atom. The molecule has 0 saturated carbocycles. The number of aliphatic hydroxyl groups is 1. The Morgan fingerprint density at radius 3 is 2.77 bits per heavy atom. The fraction of sp³-hybridized carbons (Fsp3) is 0.0909. The van der Waals surface area contributed by atoms with Crippen molar-refractivity contribution in [3.8, 4) is 11.3 Å². The third-order valence-electron chi connectivity index (χ3n) is 4.50. The lowest BCUT2D eigenvalue weighted by Gasteiger charge is -2.08. The van der Waals surface area contributed by atoms with Gasteiger partial charge in [-0.15, -0.1) is 0 Å². The minimum atomic E-state index is -0.275. The van der Waals surface area contributed by atoms with Crippen molar-refractivity contribution in [2.24, 2.45) is 0 Å². The van der Waals surface area contributed by atoms with Crippen LogP contribution in [0.2, 0.25) is 0 Å². The van der Waals surface area contributed by atoms with Crippen LogP contribution >= 0.6 is 0 Å². The number of fused-ring (bicyclic) bond motifs is 1. The smallest absolute Gasteiger partial charge is 0.247 e. The summed E-state index contributed by atoms with van der Waals surface area (Å²) in [6.45, 7) is 3.95. The number of carbonyl (C=O) groups is 1. The van der Waals surface area contributed by atoms with Crippen LogP contribution < -0.4 is 16.0 Å². The molecule has 3 heterocycles. The summed E-state index contributed by atoms with van der Waals surface area (Å²) in [6.07, 6.45) is 4.45. The predicted octanol–water partition coefficient (Wildman–Crippen LogP) is 3.29. The number of H-pyrrole nitrogens is 1. The highest BCUT2D eigenvalue weighted by atomic mass is 16.3. The molecule has 5 N–H and O–H groups in total. The summed E-state index contributed by atoms with van der Waals surface area (Å²) in [5.74, 6) is 1.05. The number of aromatic amines is 1. The van der Waals surface area contributed by atoms with E-state index in [1.165, 1.54) is 12.4 Å². The van der Waals surface area contributed by atoms with E-state index < -0.39 is 0 Å². The highest BCUT2D eigenvalue weighted by Gasteiger charge is 2.11. The molecule has 156 valence electrons. The van der Waals surface area contributed by atoms with E-state index in [9.17, 15) is 4.79 Å². The van der Waals surface area contributed by atoms with E-state index in [0.29, 0.717) is 29.5 Å². The molecule has 0 bridgehead atoms. The lowest BCUT2D eigenvalue weighted by atomic mass is 10.2. The van der Waals surface area contributed by atoms with Gasteiger partial charge in [0, 0.05) is 35.4 Å². The van der Waals surface area contributed by atoms with Gasteiger partial charge in [-0.3, -0.25) is 4.79 Å². The first-order valence-electron chi connectivity index (χ1n) is 9.61. The Balaban J connectivity index is 1.59. The summed E-state index contributed by atoms with van der Waals surface area (Å²) in [4.78, 5) is 27.9. The second-order valence-electron chi connectivity index (χ2n) is 6.65. The van der Waals surface area contributed by atoms with Gasteiger partial charge in [0.1, 0.15) is 23.6 Å². The Bertz CT molecular complexity index is 1220. The number of aromatic nitrogens is 4. The fourth-order valence-electron chi connectivity index (χ4n) is 3.04. The number of rotatable bonds is 8. The number of hydrogen-bond donors (Lipinski definition) is 5. The Hall–Kier alpha value is -4.24. The quantitative estimate of drug-likeness (QED) is 0.279. The van der Waals surface area contributed by atoms with E-state index in [1.807, 2.05) is 36.4 Å². The minimum Gasteiger partial charge on any atom is -0.395 e. The average molecular weight is 415 g/mol. The number of benzene rings is 1. The lowest BCUT2D eigenvalue weighted by molar-refractivity contribution is -0.111. The molecule has 0 fully saturated rings. The second-order valence-corrected chi connectivity index (χ2v) is 6.65. The Labute approximate surface area is 178 Å². The van der Waals surface area contributed by atoms with Crippen molar-refractivity contribution in [2.75, 3.05) is 29.1 Å². The molecule has 0 spiro atoms. The van der Waals surface area contributed by atoms with Gasteiger partial charge in [0.25, 0.3) is 0 Å². The fourth-order valence-corrected chi connectivity index (χ4v) is 3.04. The molecule has 0 saturated heterocycles. The molecule has 0 aliphatic carbocycles. The molecule has 0 unspecified atom stereocenters. The standard InChI is InChI=1S/C22H21N7O2/c1-2-20(31)27-15-4-3-5-16(10-15)28-21-17-11-18(29-22(17)26-13-25-21)14-6-7-19(24-12-14)23-8-9-30/h2-7,10-13,30H,1,8-9H2,(H,23,24)(H,27,31)(H2,25,26,28,29). The van der Waals surface area contributed by atoms with Crippen molar-refractivity contribution < 1.29 is 9.90 Å². The third kappa shape index (κ3) is 4.68. The number of nitrogens with one attached hydrogen (secondary N) is 4. The number of carbonyl (C=O) groups excluding carboxylic acids is 1. The topological polar surface area (TPSA) is 128 Å². The number of aliphatic hydroxyl groups excluding tert-OH is 1. The number of anilines is 4. The van der Waals surface area contributed by atoms with Crippen LogP contribution in [0.3, 0.4) is 0 Å². The van der Waals surface area contributed by atoms with Gasteiger partial charge in [0.05, 0.1) is 12.0 Å². The highest BCUT2D eigenvalue weighted by molar-refractivity contribution is 5.99. The summed E-state index contributed by atoms with van der Waals surface area (Å²) in [7, 11) is 0. The van der Waals surface area contributed by atoms with Crippen molar-refractivity contribution in [1.29, 1.82) is 0 Å². The molecule has 3 aromatic heterocycles. The molecule has 9 heteroatoms. The Kier molecular flexibility index (Phi) is 5.86. The average Bonchev–Trinajstić information content (AvgIpc) is 3.24. The summed E-state index contributed by atoms with van der Waals surface area (Å²) in [5.41, 5.74) is 3.85. The zero-order valence-electron chi connectivity index (χ0n) is 16.6. The van der Waals surface area contributed by atoms with Crippen LogP contribution in [-0.4, -0.2) is 44.1 Å². The maximum Gasteiger partial charge on any atom is 0.247 e. The summed E-state index contributed by atoms with van der Waals surface area (Å²) in [5, 5.41) is 18.8. The zero-order chi connectivity index (χ0) is 21.6. The highest BCUT2D eigenvalue weighted by Crippen LogP contribution is 2.29. The van der Waals surface area contributed by atoms with Crippen LogP contribution in [0.1, 0.15) is 0 Å². The molecule has 9 nitrogen and oxygen atoms in total. The normalized spacial score (nSPS) is 10.6. The monoisotopic (exact) mass is 415 g/mol. The van der Waals surface area contributed by atoms with Crippen molar-refractivity contribution >= 4 is 40.0 Å². The van der Waals surface area contributed by atoms with Crippen LogP contribution in [-0.2, 0) is 4.79 Å². The number of hydrogen-bond acceptors (Lipinski definition) is 7. The van der Waals surface area contributed by atoms with Gasteiger partial charge in [-0.2, -0.15) is 0 Å². The molecular weight excluding hydrogens is 394 g/mol. The van der Waals surface area contributed by atoms with Gasteiger partial charge in [0.15, 0.2) is 0 Å². The van der Waals surface area contributed by atoms with Gasteiger partial charge in [0.2, 0.25) is 5.91 Å². The van der Waals surface area contributed by atoms with E-state index in [1.54, 1.807) is 12.3 Å². The molecule has 0 aliphatic heterocycles. The van der Waals surface area contributed by atoms with Crippen LogP contribution in [0, 0.1) is 0 Å². The number of amides is 1. The molecule has 4 rings (SSSR count). The molecule has 1 amide bonds. The van der Waals surface area contributed by atoms with Crippen LogP contribution in [0.15, 0.2) is 67.6 Å². The molecular formula is C22H21N7O2. The number of pyridine rings is 1. The van der Waals surface area contributed by atoms with E-state index in [2.05, 4.69) is 42.5 Å². The van der Waals surface area contributed by atoms with Crippen molar-refractivity contribution in [3.05, 3.63) is 67.6 Å². The van der Waals surface area contributed by atoms with Gasteiger partial charge in [-0.1, -0.05) is 12.6 Å². The lowest BCUT2D eigenvalue weighted by Crippen LogP contribution is -2.07. The summed E-state index contributed by atoms with van der Waals surface area (Å²) < 4.78 is 0. The van der Waals surface area contributed by atoms with Gasteiger partial charge < -0.3 is 26.0 Å². The second kappa shape index (κ2) is 9.06. The predicted molar refractivity (Wildman–Crippen MR) is 121 cm³/mol. The van der Waals surface area contributed by atoms with E-state index in [-0.39, 0.29) is 12.5 Å². The molecule has 0 radical (unpaired) electrons. The summed E-state index contributed by atoms with van der Waals surface area (Å²) >= 11 is 0. The summed E-state index contributed by atoms with van der Waals surface area (Å²) in [6, 6.07) is 13.1. The first-order valence-corrected chi connectivity index (χ1v) is 9.61. The first kappa shape index (κ1) is 20.0. The molecule has 31 heavy (non-hydrogen) atoms. The molecule has 1 aromatic carbocycles. The minimum absolute atomic E-state index is 0.0451.